The van der Waals surface area contributed by atoms with Gasteiger partial charge in [0.1, 0.15) is 0 Å². The van der Waals surface area contributed by atoms with E-state index >= 15 is 0 Å². The Morgan fingerprint density at radius 3 is 2.63 bits per heavy atom. The largest absolute Gasteiger partial charge is 0.466 e. The van der Waals surface area contributed by atoms with Crippen LogP contribution in [0.15, 0.2) is 29.4 Å². The molecule has 0 aromatic heterocycles. The van der Waals surface area contributed by atoms with Crippen LogP contribution in [0.2, 0.25) is 0 Å². The number of benzene rings is 1. The van der Waals surface area contributed by atoms with E-state index in [1.54, 1.807) is 0 Å². The molecular weight excluding hydrogens is 240 g/mol. The molecule has 102 valence electrons. The maximum absolute atomic E-state index is 11.4. The van der Waals surface area contributed by atoms with E-state index in [1.807, 2.05) is 38.0 Å². The molecule has 0 aliphatic carbocycles. The third kappa shape index (κ3) is 3.34. The number of carbonyl (C=O) groups is 1. The molecule has 1 aliphatic heterocycles. The Labute approximate surface area is 114 Å². The number of ether oxygens (including phenoxy) is 1. The molecule has 1 unspecified atom stereocenters. The van der Waals surface area contributed by atoms with Crippen LogP contribution in [0.5, 0.6) is 0 Å². The molecule has 0 amide bonds. The van der Waals surface area contributed by atoms with Gasteiger partial charge in [-0.15, -0.1) is 0 Å². The van der Waals surface area contributed by atoms with Crippen LogP contribution in [-0.2, 0) is 16.0 Å². The van der Waals surface area contributed by atoms with E-state index in [-0.39, 0.29) is 5.97 Å². The lowest BCUT2D eigenvalue weighted by molar-refractivity contribution is -0.142. The molecule has 0 spiro atoms. The molecule has 0 saturated heterocycles. The third-order valence-corrected chi connectivity index (χ3v) is 3.29. The van der Waals surface area contributed by atoms with Crippen LogP contribution in [0.4, 0.5) is 0 Å². The zero-order valence-corrected chi connectivity index (χ0v) is 11.7. The van der Waals surface area contributed by atoms with Gasteiger partial charge in [-0.05, 0) is 25.0 Å². The van der Waals surface area contributed by atoms with Crippen LogP contribution >= 0.6 is 0 Å². The maximum Gasteiger partial charge on any atom is 0.310 e. The topological polar surface area (TPSA) is 41.9 Å². The van der Waals surface area contributed by atoms with Gasteiger partial charge in [0.2, 0.25) is 0 Å². The third-order valence-electron chi connectivity index (χ3n) is 3.29. The minimum Gasteiger partial charge on any atom is -0.466 e. The van der Waals surface area contributed by atoms with Gasteiger partial charge < -0.3 is 4.74 Å². The number of esters is 1. The normalized spacial score (nSPS) is 18.4. The first-order valence-electron chi connectivity index (χ1n) is 6.61. The molecule has 1 aliphatic rings. The van der Waals surface area contributed by atoms with E-state index in [0.717, 1.165) is 17.7 Å². The summed E-state index contributed by atoms with van der Waals surface area (Å²) in [5.74, 6) is -0.174. The molecule has 0 saturated carbocycles. The van der Waals surface area contributed by atoms with Crippen molar-refractivity contribution in [2.24, 2.45) is 5.10 Å². The number of hydrogen-bond donors (Lipinski definition) is 0. The van der Waals surface area contributed by atoms with Crippen molar-refractivity contribution in [3.05, 3.63) is 35.4 Å². The van der Waals surface area contributed by atoms with Crippen molar-refractivity contribution in [2.45, 2.75) is 32.7 Å². The van der Waals surface area contributed by atoms with Crippen molar-refractivity contribution in [3.8, 4) is 0 Å². The van der Waals surface area contributed by atoms with Gasteiger partial charge >= 0.3 is 5.97 Å². The quantitative estimate of drug-likeness (QED) is 0.781. The molecule has 19 heavy (non-hydrogen) atoms. The summed E-state index contributed by atoms with van der Waals surface area (Å²) < 4.78 is 4.94. The summed E-state index contributed by atoms with van der Waals surface area (Å²) in [4.78, 5) is 11.4. The van der Waals surface area contributed by atoms with Crippen LogP contribution in [-0.4, -0.2) is 30.3 Å². The van der Waals surface area contributed by atoms with Crippen LogP contribution in [0, 0.1) is 0 Å². The summed E-state index contributed by atoms with van der Waals surface area (Å²) in [6, 6.07) is 8.45. The fourth-order valence-corrected chi connectivity index (χ4v) is 2.36. The molecular formula is C15H20N2O2. The molecule has 0 fully saturated rings. The Balaban J connectivity index is 2.01. The second kappa shape index (κ2) is 5.87. The monoisotopic (exact) mass is 260 g/mol. The molecule has 1 aromatic rings. The Hall–Kier alpha value is -1.84. The lowest BCUT2D eigenvalue weighted by Crippen LogP contribution is -2.14. The lowest BCUT2D eigenvalue weighted by atomic mass is 10.0. The van der Waals surface area contributed by atoms with E-state index in [1.165, 1.54) is 5.56 Å². The van der Waals surface area contributed by atoms with Gasteiger partial charge in [-0.3, -0.25) is 9.80 Å². The second-order valence-electron chi connectivity index (χ2n) is 4.85. The Kier molecular flexibility index (Phi) is 4.20. The average Bonchev–Trinajstić information content (AvgIpc) is 2.70. The first kappa shape index (κ1) is 13.6. The van der Waals surface area contributed by atoms with Crippen LogP contribution in [0.1, 0.15) is 37.4 Å². The van der Waals surface area contributed by atoms with Gasteiger partial charge in [-0.25, -0.2) is 0 Å². The molecule has 1 aromatic carbocycles. The van der Waals surface area contributed by atoms with Crippen molar-refractivity contribution >= 4 is 11.7 Å². The fourth-order valence-electron chi connectivity index (χ4n) is 2.36. The summed E-state index contributed by atoms with van der Waals surface area (Å²) in [6.45, 7) is 4.30. The van der Waals surface area contributed by atoms with Crippen molar-refractivity contribution in [2.75, 3.05) is 13.7 Å². The number of carbonyl (C=O) groups excluding carboxylic acids is 1. The number of rotatable bonds is 4. The van der Waals surface area contributed by atoms with Gasteiger partial charge in [-0.2, -0.15) is 5.10 Å². The van der Waals surface area contributed by atoms with Crippen LogP contribution in [0.25, 0.3) is 0 Å². The van der Waals surface area contributed by atoms with Gasteiger partial charge in [0.25, 0.3) is 0 Å². The summed E-state index contributed by atoms with van der Waals surface area (Å²) in [5.41, 5.74) is 3.37. The van der Waals surface area contributed by atoms with Crippen molar-refractivity contribution in [1.29, 1.82) is 0 Å². The van der Waals surface area contributed by atoms with Gasteiger partial charge in [-0.1, -0.05) is 24.3 Å². The van der Waals surface area contributed by atoms with Gasteiger partial charge in [0, 0.05) is 19.2 Å². The van der Waals surface area contributed by atoms with Crippen molar-refractivity contribution in [1.82, 2.24) is 5.01 Å². The zero-order chi connectivity index (χ0) is 13.8. The lowest BCUT2D eigenvalue weighted by Gasteiger charge is -2.19. The minimum absolute atomic E-state index is 0.174. The molecule has 2 rings (SSSR count). The predicted octanol–water partition coefficient (Wildman–Crippen LogP) is 2.54. The van der Waals surface area contributed by atoms with E-state index in [9.17, 15) is 4.79 Å². The molecule has 4 nitrogen and oxygen atoms in total. The standard InChI is InChI=1S/C15H20N2O2/c1-4-19-15(18)10-12-5-7-13(8-6-12)14-9-11(2)16-17(14)3/h5-8,14H,4,9-10H2,1-3H3. The van der Waals surface area contributed by atoms with Crippen LogP contribution < -0.4 is 0 Å². The number of nitrogens with zero attached hydrogens (tertiary/aromatic N) is 2. The minimum atomic E-state index is -0.174. The number of hydrogen-bond acceptors (Lipinski definition) is 4. The Morgan fingerprint density at radius 1 is 1.42 bits per heavy atom. The number of hydrazone groups is 1. The Morgan fingerprint density at radius 2 is 2.11 bits per heavy atom. The summed E-state index contributed by atoms with van der Waals surface area (Å²) in [6.07, 6.45) is 1.30. The van der Waals surface area contributed by atoms with E-state index in [4.69, 9.17) is 4.74 Å². The molecule has 0 bridgehead atoms. The highest BCUT2D eigenvalue weighted by molar-refractivity contribution is 5.83. The van der Waals surface area contributed by atoms with Gasteiger partial charge in [0.15, 0.2) is 0 Å². The Bertz CT molecular complexity index is 479. The van der Waals surface area contributed by atoms with Crippen molar-refractivity contribution < 1.29 is 9.53 Å². The first-order valence-corrected chi connectivity index (χ1v) is 6.61. The smallest absolute Gasteiger partial charge is 0.310 e. The van der Waals surface area contributed by atoms with E-state index < -0.39 is 0 Å². The molecule has 1 atom stereocenters. The molecule has 4 heteroatoms. The maximum atomic E-state index is 11.4. The van der Waals surface area contributed by atoms with Gasteiger partial charge in [0.05, 0.1) is 19.1 Å². The predicted molar refractivity (Wildman–Crippen MR) is 75.0 cm³/mol. The van der Waals surface area contributed by atoms with Crippen LogP contribution in [0.3, 0.4) is 0 Å². The SMILES string of the molecule is CCOC(=O)Cc1ccc(C2CC(C)=NN2C)cc1. The molecule has 1 heterocycles. The highest BCUT2D eigenvalue weighted by Crippen LogP contribution is 2.28. The molecule has 0 N–H and O–H groups in total. The molecule has 0 radical (unpaired) electrons. The summed E-state index contributed by atoms with van der Waals surface area (Å²) in [5, 5.41) is 6.41. The van der Waals surface area contributed by atoms with E-state index in [0.29, 0.717) is 19.1 Å². The fraction of sp³-hybridized carbons (Fsp3) is 0.467. The van der Waals surface area contributed by atoms with E-state index in [2.05, 4.69) is 17.2 Å². The second-order valence-corrected chi connectivity index (χ2v) is 4.85. The summed E-state index contributed by atoms with van der Waals surface area (Å²) >= 11 is 0. The van der Waals surface area contributed by atoms with Crippen molar-refractivity contribution in [3.63, 3.8) is 0 Å². The summed E-state index contributed by atoms with van der Waals surface area (Å²) in [7, 11) is 1.99. The highest BCUT2D eigenvalue weighted by Gasteiger charge is 2.22. The average molecular weight is 260 g/mol. The highest BCUT2D eigenvalue weighted by atomic mass is 16.5. The zero-order valence-electron chi connectivity index (χ0n) is 11.7. The first-order chi connectivity index (χ1) is 9.10.